The molecule has 0 aromatic heterocycles. The molecular formula is C23H29Cl2NTi-2. The van der Waals surface area contributed by atoms with Crippen LogP contribution in [0.5, 0.6) is 0 Å². The maximum absolute atomic E-state index is 6.60. The summed E-state index contributed by atoms with van der Waals surface area (Å²) in [6.07, 6.45) is 4.56. The predicted octanol–water partition coefficient (Wildman–Crippen LogP) is 1.24. The standard InChI is InChI=1S/C19H19.C4H10N.2ClH.Ti/c1-12-11-13(2)19(14(12)3)18-10-9-16-7-5-6-8-17(16)15(18)4;1-2-3-4-5;;;/h5-11,13H,4H2,1-3H3;5H,2-4H2,1H3;2*1H;/q2*-1;;;+2/p-2. The Balaban J connectivity index is 0. The molecule has 1 atom stereocenters. The molecular weight excluding hydrogens is 409 g/mol. The first kappa shape index (κ1) is 28.5. The molecule has 4 heteroatoms. The van der Waals surface area contributed by atoms with Crippen molar-refractivity contribution >= 4 is 16.3 Å². The average Bonchev–Trinajstić information content (AvgIpc) is 2.83. The molecule has 1 unspecified atom stereocenters. The summed E-state index contributed by atoms with van der Waals surface area (Å²) in [7, 11) is 0. The third kappa shape index (κ3) is 6.70. The van der Waals surface area contributed by atoms with E-state index in [1.54, 1.807) is 0 Å². The van der Waals surface area contributed by atoms with Crippen molar-refractivity contribution in [2.24, 2.45) is 5.92 Å². The molecule has 0 amide bonds. The Morgan fingerprint density at radius 2 is 1.67 bits per heavy atom. The van der Waals surface area contributed by atoms with E-state index in [4.69, 9.17) is 5.73 Å². The monoisotopic (exact) mass is 437 g/mol. The van der Waals surface area contributed by atoms with Crippen molar-refractivity contribution in [1.29, 1.82) is 0 Å². The molecule has 0 saturated heterocycles. The number of hydrogen-bond acceptors (Lipinski definition) is 0. The molecule has 0 aliphatic heterocycles. The Hall–Kier alpha value is -0.696. The number of rotatable bonds is 3. The Kier molecular flexibility index (Phi) is 14.2. The van der Waals surface area contributed by atoms with E-state index in [-0.39, 0.29) is 46.5 Å². The van der Waals surface area contributed by atoms with Gasteiger partial charge in [0.2, 0.25) is 0 Å². The summed E-state index contributed by atoms with van der Waals surface area (Å²) >= 11 is 0. The van der Waals surface area contributed by atoms with E-state index in [0.717, 1.165) is 18.4 Å². The van der Waals surface area contributed by atoms with E-state index < -0.39 is 0 Å². The van der Waals surface area contributed by atoms with Crippen LogP contribution in [0.2, 0.25) is 0 Å². The number of unbranched alkanes of at least 4 members (excludes halogenated alkanes) is 1. The van der Waals surface area contributed by atoms with Gasteiger partial charge >= 0.3 is 21.7 Å². The summed E-state index contributed by atoms with van der Waals surface area (Å²) in [4.78, 5) is 0. The first-order chi connectivity index (χ1) is 11.5. The summed E-state index contributed by atoms with van der Waals surface area (Å²) in [6, 6.07) is 12.9. The second-order valence-electron chi connectivity index (χ2n) is 6.59. The van der Waals surface area contributed by atoms with Crippen LogP contribution < -0.4 is 24.8 Å². The SMILES string of the molecule is CCCC[NH-].[CH2-]c1c(C2=C(C)C(C)=CC2C)ccc2ccccc12.[Cl-].[Cl-].[Ti+2]. The van der Waals surface area contributed by atoms with E-state index in [1.165, 1.54) is 33.1 Å². The Bertz CT molecular complexity index is 779. The third-order valence-corrected chi connectivity index (χ3v) is 4.81. The van der Waals surface area contributed by atoms with Crippen LogP contribution in [-0.4, -0.2) is 6.54 Å². The number of hydrogen-bond donors (Lipinski definition) is 0. The molecule has 1 aliphatic rings. The van der Waals surface area contributed by atoms with Crippen LogP contribution in [0, 0.1) is 12.8 Å². The molecule has 27 heavy (non-hydrogen) atoms. The van der Waals surface area contributed by atoms with Crippen molar-refractivity contribution in [3.63, 3.8) is 0 Å². The van der Waals surface area contributed by atoms with Gasteiger partial charge in [-0.05, 0) is 19.8 Å². The smallest absolute Gasteiger partial charge is 1.00 e. The Labute approximate surface area is 192 Å². The van der Waals surface area contributed by atoms with Gasteiger partial charge in [-0.25, -0.2) is 0 Å². The van der Waals surface area contributed by atoms with Crippen LogP contribution in [0.4, 0.5) is 0 Å². The van der Waals surface area contributed by atoms with Crippen LogP contribution >= 0.6 is 0 Å². The molecule has 2 aromatic rings. The van der Waals surface area contributed by atoms with Gasteiger partial charge in [0, 0.05) is 0 Å². The van der Waals surface area contributed by atoms with Crippen LogP contribution in [0.3, 0.4) is 0 Å². The molecule has 0 heterocycles. The van der Waals surface area contributed by atoms with Crippen LogP contribution in [-0.2, 0) is 21.7 Å². The number of fused-ring (bicyclic) bond motifs is 1. The molecule has 0 spiro atoms. The van der Waals surface area contributed by atoms with Gasteiger partial charge in [0.1, 0.15) is 0 Å². The molecule has 0 fully saturated rings. The number of benzene rings is 2. The fourth-order valence-electron chi connectivity index (χ4n) is 3.35. The zero-order valence-electron chi connectivity index (χ0n) is 16.7. The fraction of sp³-hybridized carbons (Fsp3) is 0.348. The van der Waals surface area contributed by atoms with Crippen molar-refractivity contribution in [1.82, 2.24) is 0 Å². The van der Waals surface area contributed by atoms with E-state index >= 15 is 0 Å². The van der Waals surface area contributed by atoms with Crippen LogP contribution in [0.1, 0.15) is 51.7 Å². The van der Waals surface area contributed by atoms with E-state index in [0.29, 0.717) is 12.5 Å². The number of allylic oxidation sites excluding steroid dienone is 4. The summed E-state index contributed by atoms with van der Waals surface area (Å²) < 4.78 is 0. The second kappa shape index (κ2) is 13.5. The van der Waals surface area contributed by atoms with Crippen molar-refractivity contribution in [2.75, 3.05) is 6.54 Å². The molecule has 1 N–H and O–H groups in total. The summed E-state index contributed by atoms with van der Waals surface area (Å²) in [5, 5.41) is 2.53. The van der Waals surface area contributed by atoms with Gasteiger partial charge in [-0.2, -0.15) is 19.0 Å². The minimum atomic E-state index is 0. The topological polar surface area (TPSA) is 23.8 Å². The summed E-state index contributed by atoms with van der Waals surface area (Å²) in [5.41, 5.74) is 13.3. The van der Waals surface area contributed by atoms with Crippen molar-refractivity contribution < 1.29 is 46.5 Å². The first-order valence-corrected chi connectivity index (χ1v) is 8.89. The van der Waals surface area contributed by atoms with Gasteiger partial charge < -0.3 is 30.5 Å². The normalized spacial score (nSPS) is 15.0. The first-order valence-electron chi connectivity index (χ1n) is 8.89. The third-order valence-electron chi connectivity index (χ3n) is 4.81. The maximum Gasteiger partial charge on any atom is 2.00 e. The van der Waals surface area contributed by atoms with E-state index in [2.05, 4.69) is 77.1 Å². The van der Waals surface area contributed by atoms with Crippen molar-refractivity contribution in [3.8, 4) is 0 Å². The largest absolute Gasteiger partial charge is 2.00 e. The van der Waals surface area contributed by atoms with Gasteiger partial charge in [0.15, 0.2) is 0 Å². The quantitative estimate of drug-likeness (QED) is 0.509. The zero-order valence-corrected chi connectivity index (χ0v) is 19.8. The second-order valence-corrected chi connectivity index (χ2v) is 6.59. The number of nitrogens with one attached hydrogen (secondary N) is 1. The molecule has 1 nitrogen and oxygen atoms in total. The Morgan fingerprint density at radius 1 is 1.04 bits per heavy atom. The molecule has 0 bridgehead atoms. The van der Waals surface area contributed by atoms with Gasteiger partial charge in [-0.15, -0.1) is 23.1 Å². The average molecular weight is 438 g/mol. The molecule has 3 rings (SSSR count). The zero-order chi connectivity index (χ0) is 17.7. The minimum absolute atomic E-state index is 0. The molecule has 2 aromatic carbocycles. The summed E-state index contributed by atoms with van der Waals surface area (Å²) in [6.45, 7) is 13.7. The van der Waals surface area contributed by atoms with Gasteiger partial charge in [0.05, 0.1) is 0 Å². The minimum Gasteiger partial charge on any atom is -1.00 e. The summed E-state index contributed by atoms with van der Waals surface area (Å²) in [5.74, 6) is 0.488. The van der Waals surface area contributed by atoms with Gasteiger partial charge in [-0.1, -0.05) is 79.1 Å². The molecule has 146 valence electrons. The number of halogens is 2. The Morgan fingerprint density at radius 3 is 2.15 bits per heavy atom. The molecule has 0 saturated carbocycles. The maximum atomic E-state index is 6.60. The van der Waals surface area contributed by atoms with Crippen LogP contribution in [0.25, 0.3) is 22.1 Å². The van der Waals surface area contributed by atoms with Crippen molar-refractivity contribution in [2.45, 2.75) is 40.5 Å². The fourth-order valence-corrected chi connectivity index (χ4v) is 3.35. The molecule has 0 radical (unpaired) electrons. The van der Waals surface area contributed by atoms with Gasteiger partial charge in [0.25, 0.3) is 0 Å². The predicted molar refractivity (Wildman–Crippen MR) is 108 cm³/mol. The van der Waals surface area contributed by atoms with E-state index in [1.807, 2.05) is 0 Å². The molecule has 1 aliphatic carbocycles. The van der Waals surface area contributed by atoms with E-state index in [9.17, 15) is 0 Å². The van der Waals surface area contributed by atoms with Crippen LogP contribution in [0.15, 0.2) is 53.6 Å². The van der Waals surface area contributed by atoms with Gasteiger partial charge in [-0.3, -0.25) is 0 Å². The van der Waals surface area contributed by atoms with Crippen molar-refractivity contribution in [3.05, 3.63) is 77.4 Å².